The number of nitrogens with zero attached hydrogens (tertiary/aromatic N) is 2. The monoisotopic (exact) mass is 571 g/mol. The highest BCUT2D eigenvalue weighted by molar-refractivity contribution is 7.92. The van der Waals surface area contributed by atoms with Gasteiger partial charge < -0.3 is 15.0 Å². The molecule has 4 aromatic rings. The molecule has 0 bridgehead atoms. The van der Waals surface area contributed by atoms with E-state index in [4.69, 9.17) is 4.74 Å². The Balaban J connectivity index is 1.65. The van der Waals surface area contributed by atoms with E-state index in [1.165, 1.54) is 24.1 Å². The number of amides is 2. The first-order valence-electron chi connectivity index (χ1n) is 13.3. The minimum atomic E-state index is -4.13. The van der Waals surface area contributed by atoms with Crippen LogP contribution in [0.3, 0.4) is 0 Å². The fourth-order valence-electron chi connectivity index (χ4n) is 4.33. The highest BCUT2D eigenvalue weighted by Gasteiger charge is 2.32. The molecule has 0 aliphatic carbocycles. The Bertz CT molecular complexity index is 1530. The Morgan fingerprint density at radius 3 is 1.90 bits per heavy atom. The second kappa shape index (κ2) is 13.6. The number of ether oxygens (including phenoxy) is 1. The smallest absolute Gasteiger partial charge is 0.264 e. The van der Waals surface area contributed by atoms with Crippen LogP contribution < -0.4 is 14.4 Å². The minimum Gasteiger partial charge on any atom is -0.457 e. The number of benzene rings is 4. The number of carbonyl (C=O) groups is 2. The molecular formula is C32H33N3O5S. The van der Waals surface area contributed by atoms with Crippen LogP contribution in [0, 0.1) is 0 Å². The van der Waals surface area contributed by atoms with Crippen molar-refractivity contribution in [3.05, 3.63) is 121 Å². The minimum absolute atomic E-state index is 0.0487. The lowest BCUT2D eigenvalue weighted by Crippen LogP contribution is -2.51. The Morgan fingerprint density at radius 2 is 1.32 bits per heavy atom. The third-order valence-corrected chi connectivity index (χ3v) is 8.40. The summed E-state index contributed by atoms with van der Waals surface area (Å²) in [6.45, 7) is 1.38. The third kappa shape index (κ3) is 7.52. The highest BCUT2D eigenvalue weighted by atomic mass is 32.2. The fraction of sp³-hybridized carbons (Fsp3) is 0.188. The number of para-hydroxylation sites is 1. The Kier molecular flexibility index (Phi) is 9.76. The Hall–Kier alpha value is -4.63. The maximum atomic E-state index is 13.9. The van der Waals surface area contributed by atoms with Crippen molar-refractivity contribution in [2.24, 2.45) is 0 Å². The summed E-state index contributed by atoms with van der Waals surface area (Å²) in [7, 11) is -2.62. The molecule has 0 aliphatic rings. The van der Waals surface area contributed by atoms with Gasteiger partial charge >= 0.3 is 0 Å². The molecule has 1 N–H and O–H groups in total. The topological polar surface area (TPSA) is 96.0 Å². The first-order chi connectivity index (χ1) is 19.8. The van der Waals surface area contributed by atoms with Crippen molar-refractivity contribution in [3.8, 4) is 11.5 Å². The summed E-state index contributed by atoms with van der Waals surface area (Å²) in [5.74, 6) is 0.315. The average molecular weight is 572 g/mol. The molecule has 0 radical (unpaired) electrons. The lowest BCUT2D eigenvalue weighted by molar-refractivity contribution is -0.138. The van der Waals surface area contributed by atoms with Crippen molar-refractivity contribution < 1.29 is 22.7 Å². The van der Waals surface area contributed by atoms with Gasteiger partial charge in [-0.25, -0.2) is 8.42 Å². The van der Waals surface area contributed by atoms with Gasteiger partial charge in [-0.3, -0.25) is 13.9 Å². The van der Waals surface area contributed by atoms with E-state index in [1.807, 2.05) is 60.7 Å². The van der Waals surface area contributed by atoms with E-state index < -0.39 is 28.5 Å². The van der Waals surface area contributed by atoms with E-state index in [0.717, 1.165) is 9.87 Å². The first kappa shape index (κ1) is 29.4. The first-order valence-corrected chi connectivity index (χ1v) is 14.7. The number of carbonyl (C=O) groups excluding carboxylic acids is 2. The van der Waals surface area contributed by atoms with Gasteiger partial charge in [-0.05, 0) is 67.4 Å². The lowest BCUT2D eigenvalue weighted by atomic mass is 10.1. The average Bonchev–Trinajstić information content (AvgIpc) is 3.01. The van der Waals surface area contributed by atoms with Gasteiger partial charge in [-0.15, -0.1) is 0 Å². The van der Waals surface area contributed by atoms with E-state index in [-0.39, 0.29) is 17.3 Å². The quantitative estimate of drug-likeness (QED) is 0.262. The second-order valence-electron chi connectivity index (χ2n) is 9.35. The van der Waals surface area contributed by atoms with Gasteiger partial charge in [0.15, 0.2) is 0 Å². The maximum absolute atomic E-state index is 13.9. The number of rotatable bonds is 12. The summed E-state index contributed by atoms with van der Waals surface area (Å²) in [4.78, 5) is 27.9. The van der Waals surface area contributed by atoms with Gasteiger partial charge in [0.05, 0.1) is 10.6 Å². The van der Waals surface area contributed by atoms with Crippen LogP contribution in [-0.2, 0) is 26.0 Å². The van der Waals surface area contributed by atoms with E-state index in [0.29, 0.717) is 23.6 Å². The predicted octanol–water partition coefficient (Wildman–Crippen LogP) is 4.88. The summed E-state index contributed by atoms with van der Waals surface area (Å²) >= 11 is 0. The summed E-state index contributed by atoms with van der Waals surface area (Å²) in [5.41, 5.74) is 1.29. The van der Waals surface area contributed by atoms with Gasteiger partial charge in [-0.1, -0.05) is 66.7 Å². The largest absolute Gasteiger partial charge is 0.457 e. The number of anilines is 1. The molecular weight excluding hydrogens is 538 g/mol. The molecule has 0 fully saturated rings. The van der Waals surface area contributed by atoms with Gasteiger partial charge in [0.1, 0.15) is 24.1 Å². The van der Waals surface area contributed by atoms with Crippen LogP contribution in [0.25, 0.3) is 0 Å². The van der Waals surface area contributed by atoms with Crippen LogP contribution in [-0.4, -0.2) is 51.3 Å². The van der Waals surface area contributed by atoms with Gasteiger partial charge in [0.2, 0.25) is 11.8 Å². The zero-order chi connectivity index (χ0) is 29.2. The molecule has 0 saturated heterocycles. The summed E-state index contributed by atoms with van der Waals surface area (Å²) in [6.07, 6.45) is 0.505. The van der Waals surface area contributed by atoms with Crippen molar-refractivity contribution in [1.29, 1.82) is 0 Å². The zero-order valence-corrected chi connectivity index (χ0v) is 23.8. The number of likely N-dealkylation sites (N-methyl/N-ethyl adjacent to an activating group) is 1. The van der Waals surface area contributed by atoms with Crippen molar-refractivity contribution in [1.82, 2.24) is 10.2 Å². The molecule has 41 heavy (non-hydrogen) atoms. The van der Waals surface area contributed by atoms with Crippen LogP contribution >= 0.6 is 0 Å². The standard InChI is InChI=1S/C32H33N3O5S/c1-25(32(37)33-2)34(23-22-26-12-6-3-7-13-26)31(36)24-35(41(38,39)30-16-10-5-11-17-30)27-18-20-29(21-19-27)40-28-14-8-4-9-15-28/h3-21,25H,22-24H2,1-2H3,(H,33,37)/t25-/m0/s1. The molecule has 9 heteroatoms. The second-order valence-corrected chi connectivity index (χ2v) is 11.2. The van der Waals surface area contributed by atoms with E-state index in [1.54, 1.807) is 49.4 Å². The number of hydrogen-bond donors (Lipinski definition) is 1. The van der Waals surface area contributed by atoms with Crippen molar-refractivity contribution in [2.75, 3.05) is 24.4 Å². The van der Waals surface area contributed by atoms with Crippen LogP contribution in [0.5, 0.6) is 11.5 Å². The zero-order valence-electron chi connectivity index (χ0n) is 23.0. The van der Waals surface area contributed by atoms with Crippen LogP contribution in [0.15, 0.2) is 120 Å². The van der Waals surface area contributed by atoms with Crippen molar-refractivity contribution >= 4 is 27.5 Å². The summed E-state index contributed by atoms with van der Waals surface area (Å²) in [5, 5.41) is 2.59. The molecule has 0 heterocycles. The molecule has 0 spiro atoms. The normalized spacial score (nSPS) is 11.8. The molecule has 4 aromatic carbocycles. The van der Waals surface area contributed by atoms with Crippen molar-refractivity contribution in [3.63, 3.8) is 0 Å². The Labute approximate surface area is 241 Å². The molecule has 0 aromatic heterocycles. The predicted molar refractivity (Wildman–Crippen MR) is 159 cm³/mol. The van der Waals surface area contributed by atoms with Gasteiger partial charge in [0.25, 0.3) is 10.0 Å². The Morgan fingerprint density at radius 1 is 0.780 bits per heavy atom. The van der Waals surface area contributed by atoms with E-state index in [9.17, 15) is 18.0 Å². The molecule has 0 saturated carbocycles. The third-order valence-electron chi connectivity index (χ3n) is 6.61. The van der Waals surface area contributed by atoms with Gasteiger partial charge in [0, 0.05) is 13.6 Å². The molecule has 2 amide bonds. The summed E-state index contributed by atoms with van der Waals surface area (Å²) in [6, 6.07) is 32.5. The molecule has 212 valence electrons. The molecule has 4 rings (SSSR count). The number of hydrogen-bond acceptors (Lipinski definition) is 5. The van der Waals surface area contributed by atoms with Crippen LogP contribution in [0.1, 0.15) is 12.5 Å². The SMILES string of the molecule is CNC(=O)[C@H](C)N(CCc1ccccc1)C(=O)CN(c1ccc(Oc2ccccc2)cc1)S(=O)(=O)c1ccccc1. The number of nitrogens with one attached hydrogen (secondary N) is 1. The van der Waals surface area contributed by atoms with E-state index >= 15 is 0 Å². The maximum Gasteiger partial charge on any atom is 0.264 e. The molecule has 0 unspecified atom stereocenters. The fourth-order valence-corrected chi connectivity index (χ4v) is 5.77. The lowest BCUT2D eigenvalue weighted by Gasteiger charge is -2.31. The van der Waals surface area contributed by atoms with E-state index in [2.05, 4.69) is 5.32 Å². The summed E-state index contributed by atoms with van der Waals surface area (Å²) < 4.78 is 34.6. The molecule has 1 atom stereocenters. The van der Waals surface area contributed by atoms with Crippen molar-refractivity contribution in [2.45, 2.75) is 24.3 Å². The van der Waals surface area contributed by atoms with Crippen LogP contribution in [0.4, 0.5) is 5.69 Å². The van der Waals surface area contributed by atoms with Gasteiger partial charge in [-0.2, -0.15) is 0 Å². The molecule has 8 nitrogen and oxygen atoms in total. The highest BCUT2D eigenvalue weighted by Crippen LogP contribution is 2.28. The molecule has 0 aliphatic heterocycles. The van der Waals surface area contributed by atoms with Crippen LogP contribution in [0.2, 0.25) is 0 Å². The number of sulfonamides is 1.